The number of nitrogens with one attached hydrogen (secondary N) is 1. The Morgan fingerprint density at radius 1 is 1.08 bits per heavy atom. The Morgan fingerprint density at radius 2 is 1.67 bits per heavy atom. The number of esters is 2. The number of ether oxygens (including phenoxy) is 2. The standard InChI is InChI=1S/C17H29NO5Si/c1-17(2,3)24(6,7)12-8-9-13(16(21)23-5)18-14(19)10-11-15(20)22-4/h13H,9-11H2,1-7H3,(H,18,19)/t13-/m0/s1. The van der Waals surface area contributed by atoms with Crippen LogP contribution in [0.25, 0.3) is 0 Å². The Bertz CT molecular complexity index is 525. The van der Waals surface area contributed by atoms with E-state index in [1.54, 1.807) is 0 Å². The van der Waals surface area contributed by atoms with Crippen molar-refractivity contribution in [3.63, 3.8) is 0 Å². The van der Waals surface area contributed by atoms with Gasteiger partial charge in [0.15, 0.2) is 0 Å². The smallest absolute Gasteiger partial charge is 0.329 e. The van der Waals surface area contributed by atoms with Crippen LogP contribution in [0.3, 0.4) is 0 Å². The zero-order valence-corrected chi connectivity index (χ0v) is 16.7. The average Bonchev–Trinajstić information content (AvgIpc) is 2.49. The van der Waals surface area contributed by atoms with Crippen molar-refractivity contribution in [1.82, 2.24) is 5.32 Å². The van der Waals surface area contributed by atoms with E-state index in [2.05, 4.69) is 55.4 Å². The van der Waals surface area contributed by atoms with E-state index in [-0.39, 0.29) is 24.3 Å². The summed E-state index contributed by atoms with van der Waals surface area (Å²) in [6.07, 6.45) is 0.102. The van der Waals surface area contributed by atoms with Crippen LogP contribution in [0, 0.1) is 11.5 Å². The SMILES string of the molecule is COC(=O)CCC(=O)N[C@@H](CC#C[Si](C)(C)C(C)(C)C)C(=O)OC. The molecular weight excluding hydrogens is 326 g/mol. The number of hydrogen-bond acceptors (Lipinski definition) is 5. The average molecular weight is 356 g/mol. The summed E-state index contributed by atoms with van der Waals surface area (Å²) >= 11 is 0. The Labute approximate surface area is 145 Å². The minimum atomic E-state index is -1.78. The highest BCUT2D eigenvalue weighted by molar-refractivity contribution is 6.87. The van der Waals surface area contributed by atoms with Gasteiger partial charge in [0.05, 0.1) is 20.6 Å². The molecule has 7 heteroatoms. The van der Waals surface area contributed by atoms with Crippen molar-refractivity contribution in [3.8, 4) is 11.5 Å². The largest absolute Gasteiger partial charge is 0.469 e. The van der Waals surface area contributed by atoms with Gasteiger partial charge in [-0.1, -0.05) is 33.9 Å². The van der Waals surface area contributed by atoms with Gasteiger partial charge in [-0.3, -0.25) is 9.59 Å². The minimum Gasteiger partial charge on any atom is -0.469 e. The Morgan fingerprint density at radius 3 is 2.12 bits per heavy atom. The van der Waals surface area contributed by atoms with Crippen molar-refractivity contribution in [1.29, 1.82) is 0 Å². The summed E-state index contributed by atoms with van der Waals surface area (Å²) in [5.74, 6) is 1.60. The van der Waals surface area contributed by atoms with E-state index in [1.165, 1.54) is 14.2 Å². The van der Waals surface area contributed by atoms with Crippen LogP contribution >= 0.6 is 0 Å². The zero-order chi connectivity index (χ0) is 19.0. The van der Waals surface area contributed by atoms with Gasteiger partial charge in [0, 0.05) is 12.8 Å². The second kappa shape index (κ2) is 9.47. The molecule has 136 valence electrons. The van der Waals surface area contributed by atoms with Gasteiger partial charge in [-0.15, -0.1) is 11.5 Å². The molecule has 0 radical (unpaired) electrons. The van der Waals surface area contributed by atoms with Crippen LogP contribution in [0.2, 0.25) is 18.1 Å². The molecule has 0 aliphatic carbocycles. The first-order chi connectivity index (χ1) is 10.9. The molecule has 0 bridgehead atoms. The molecule has 0 aromatic rings. The van der Waals surface area contributed by atoms with Gasteiger partial charge in [0.25, 0.3) is 0 Å². The lowest BCUT2D eigenvalue weighted by atomic mass is 10.2. The van der Waals surface area contributed by atoms with E-state index >= 15 is 0 Å². The maximum atomic E-state index is 11.8. The van der Waals surface area contributed by atoms with Crippen LogP contribution in [0.1, 0.15) is 40.0 Å². The van der Waals surface area contributed by atoms with Crippen LogP contribution in [-0.2, 0) is 23.9 Å². The Hall–Kier alpha value is -1.81. The van der Waals surface area contributed by atoms with E-state index in [0.717, 1.165) is 0 Å². The highest BCUT2D eigenvalue weighted by Crippen LogP contribution is 2.35. The Kier molecular flexibility index (Phi) is 8.76. The van der Waals surface area contributed by atoms with Crippen LogP contribution < -0.4 is 5.32 Å². The van der Waals surface area contributed by atoms with E-state index in [9.17, 15) is 14.4 Å². The van der Waals surface area contributed by atoms with E-state index in [1.807, 2.05) is 0 Å². The fourth-order valence-electron chi connectivity index (χ4n) is 1.48. The first-order valence-electron chi connectivity index (χ1n) is 7.88. The maximum Gasteiger partial charge on any atom is 0.329 e. The van der Waals surface area contributed by atoms with Crippen molar-refractivity contribution < 1.29 is 23.9 Å². The van der Waals surface area contributed by atoms with Crippen molar-refractivity contribution >= 4 is 25.9 Å². The van der Waals surface area contributed by atoms with Gasteiger partial charge >= 0.3 is 11.9 Å². The van der Waals surface area contributed by atoms with Gasteiger partial charge in [-0.25, -0.2) is 4.79 Å². The molecular formula is C17H29NO5Si. The van der Waals surface area contributed by atoms with Gasteiger partial charge in [0.1, 0.15) is 14.1 Å². The fourth-order valence-corrected chi connectivity index (χ4v) is 2.40. The Balaban J connectivity index is 4.85. The van der Waals surface area contributed by atoms with E-state index in [0.29, 0.717) is 0 Å². The number of carbonyl (C=O) groups is 3. The molecule has 0 saturated heterocycles. The first kappa shape index (κ1) is 22.2. The maximum absolute atomic E-state index is 11.8. The topological polar surface area (TPSA) is 81.7 Å². The second-order valence-electron chi connectivity index (χ2n) is 7.10. The third kappa shape index (κ3) is 7.64. The molecule has 0 aromatic carbocycles. The third-order valence-electron chi connectivity index (χ3n) is 4.19. The molecule has 6 nitrogen and oxygen atoms in total. The lowest BCUT2D eigenvalue weighted by molar-refractivity contribution is -0.145. The molecule has 0 heterocycles. The van der Waals surface area contributed by atoms with Gasteiger partial charge in [-0.05, 0) is 5.04 Å². The summed E-state index contributed by atoms with van der Waals surface area (Å²) in [7, 11) is 0.740. The van der Waals surface area contributed by atoms with Crippen LogP contribution in [-0.4, -0.2) is 46.2 Å². The minimum absolute atomic E-state index is 0.0358. The molecule has 1 amide bonds. The summed E-state index contributed by atoms with van der Waals surface area (Å²) in [6.45, 7) is 10.8. The monoisotopic (exact) mass is 355 g/mol. The van der Waals surface area contributed by atoms with Crippen LogP contribution in [0.15, 0.2) is 0 Å². The number of hydrogen-bond donors (Lipinski definition) is 1. The summed E-state index contributed by atoms with van der Waals surface area (Å²) in [4.78, 5) is 34.7. The molecule has 0 aliphatic rings. The fraction of sp³-hybridized carbons (Fsp3) is 0.706. The predicted octanol–water partition coefficient (Wildman–Crippen LogP) is 2.04. The van der Waals surface area contributed by atoms with Crippen LogP contribution in [0.5, 0.6) is 0 Å². The van der Waals surface area contributed by atoms with Crippen LogP contribution in [0.4, 0.5) is 0 Å². The number of methoxy groups -OCH3 is 2. The summed E-state index contributed by atoms with van der Waals surface area (Å²) in [6, 6.07) is -0.836. The molecule has 0 aliphatic heterocycles. The van der Waals surface area contributed by atoms with E-state index in [4.69, 9.17) is 4.74 Å². The molecule has 24 heavy (non-hydrogen) atoms. The zero-order valence-electron chi connectivity index (χ0n) is 15.7. The highest BCUT2D eigenvalue weighted by atomic mass is 28.3. The third-order valence-corrected chi connectivity index (χ3v) is 8.74. The first-order valence-corrected chi connectivity index (χ1v) is 10.9. The van der Waals surface area contributed by atoms with Crippen molar-refractivity contribution in [2.45, 2.75) is 64.2 Å². The lowest BCUT2D eigenvalue weighted by Gasteiger charge is -2.31. The molecule has 0 rings (SSSR count). The van der Waals surface area contributed by atoms with Gasteiger partial charge < -0.3 is 14.8 Å². The molecule has 0 saturated carbocycles. The van der Waals surface area contributed by atoms with Crippen molar-refractivity contribution in [3.05, 3.63) is 0 Å². The lowest BCUT2D eigenvalue weighted by Crippen LogP contribution is -2.41. The van der Waals surface area contributed by atoms with Crippen molar-refractivity contribution in [2.24, 2.45) is 0 Å². The molecule has 0 spiro atoms. The van der Waals surface area contributed by atoms with E-state index < -0.39 is 32.0 Å². The molecule has 1 atom stereocenters. The molecule has 0 unspecified atom stereocenters. The highest BCUT2D eigenvalue weighted by Gasteiger charge is 2.33. The molecule has 1 N–H and O–H groups in total. The molecule has 0 fully saturated rings. The quantitative estimate of drug-likeness (QED) is 0.448. The number of amides is 1. The van der Waals surface area contributed by atoms with Crippen molar-refractivity contribution in [2.75, 3.05) is 14.2 Å². The predicted molar refractivity (Wildman–Crippen MR) is 94.8 cm³/mol. The van der Waals surface area contributed by atoms with Gasteiger partial charge in [0.2, 0.25) is 5.91 Å². The molecule has 0 aromatic heterocycles. The summed E-state index contributed by atoms with van der Waals surface area (Å²) in [5, 5.41) is 2.68. The number of carbonyl (C=O) groups excluding carboxylic acids is 3. The second-order valence-corrected chi connectivity index (χ2v) is 12.1. The summed E-state index contributed by atoms with van der Waals surface area (Å²) in [5.41, 5.74) is 3.30. The number of rotatable bonds is 6. The summed E-state index contributed by atoms with van der Waals surface area (Å²) < 4.78 is 9.19. The normalized spacial score (nSPS) is 12.5. The van der Waals surface area contributed by atoms with Gasteiger partial charge in [-0.2, -0.15) is 0 Å².